The lowest BCUT2D eigenvalue weighted by Crippen LogP contribution is -2.49. The number of nitrogens with zero attached hydrogens (tertiary/aromatic N) is 5. The van der Waals surface area contributed by atoms with Crippen molar-refractivity contribution < 1.29 is 4.79 Å². The Bertz CT molecular complexity index is 1190. The van der Waals surface area contributed by atoms with E-state index in [1.54, 1.807) is 23.7 Å². The number of para-hydroxylation sites is 1. The number of aromatic nitrogens is 4. The molecule has 1 aliphatic heterocycles. The lowest BCUT2D eigenvalue weighted by Gasteiger charge is -2.38. The number of aryl methyl sites for hydroxylation is 1. The fourth-order valence-electron chi connectivity index (χ4n) is 4.11. The Kier molecular flexibility index (Phi) is 5.15. The second kappa shape index (κ2) is 8.11. The van der Waals surface area contributed by atoms with Crippen LogP contribution in [0.15, 0.2) is 54.9 Å². The summed E-state index contributed by atoms with van der Waals surface area (Å²) in [5.41, 5.74) is 3.37. The van der Waals surface area contributed by atoms with Gasteiger partial charge >= 0.3 is 0 Å². The molecule has 0 bridgehead atoms. The van der Waals surface area contributed by atoms with Gasteiger partial charge in [-0.25, -0.2) is 4.98 Å². The molecular weight excluding hydrogens is 408 g/mol. The number of piperidine rings is 1. The highest BCUT2D eigenvalue weighted by Gasteiger charge is 2.31. The minimum Gasteiger partial charge on any atom is -0.357 e. The van der Waals surface area contributed by atoms with E-state index in [1.165, 1.54) is 9.50 Å². The third-order valence-corrected chi connectivity index (χ3v) is 6.75. The van der Waals surface area contributed by atoms with E-state index in [0.29, 0.717) is 17.8 Å². The molecule has 3 heterocycles. The first-order valence-electron chi connectivity index (χ1n) is 10.5. The number of rotatable bonds is 4. The van der Waals surface area contributed by atoms with Crippen LogP contribution in [0.4, 0.5) is 5.13 Å². The molecule has 158 valence electrons. The molecule has 8 heteroatoms. The molecule has 31 heavy (non-hydrogen) atoms. The van der Waals surface area contributed by atoms with Gasteiger partial charge in [0, 0.05) is 18.6 Å². The molecule has 4 aromatic rings. The Morgan fingerprint density at radius 3 is 2.74 bits per heavy atom. The van der Waals surface area contributed by atoms with Crippen molar-refractivity contribution in [3.05, 3.63) is 66.0 Å². The van der Waals surface area contributed by atoms with Crippen molar-refractivity contribution in [1.82, 2.24) is 24.9 Å². The van der Waals surface area contributed by atoms with Gasteiger partial charge in [0.15, 0.2) is 5.13 Å². The van der Waals surface area contributed by atoms with E-state index < -0.39 is 0 Å². The van der Waals surface area contributed by atoms with Crippen LogP contribution in [0.3, 0.4) is 0 Å². The predicted molar refractivity (Wildman–Crippen MR) is 123 cm³/mol. The number of amides is 1. The molecule has 2 unspecified atom stereocenters. The van der Waals surface area contributed by atoms with Gasteiger partial charge in [-0.15, -0.1) is 0 Å². The second-order valence-corrected chi connectivity index (χ2v) is 9.08. The summed E-state index contributed by atoms with van der Waals surface area (Å²) in [6.45, 7) is 4.75. The molecule has 1 N–H and O–H groups in total. The molecule has 0 saturated carbocycles. The number of thiazole rings is 1. The molecule has 1 fully saturated rings. The van der Waals surface area contributed by atoms with Gasteiger partial charge in [0.25, 0.3) is 5.91 Å². The number of likely N-dealkylation sites (tertiary alicyclic amines) is 1. The molecule has 7 nitrogen and oxygen atoms in total. The number of hydrogen-bond acceptors (Lipinski definition) is 6. The van der Waals surface area contributed by atoms with E-state index in [4.69, 9.17) is 4.98 Å². The molecule has 1 saturated heterocycles. The monoisotopic (exact) mass is 432 g/mol. The number of anilines is 1. The van der Waals surface area contributed by atoms with E-state index in [-0.39, 0.29) is 18.0 Å². The third-order valence-electron chi connectivity index (χ3n) is 5.78. The zero-order valence-electron chi connectivity index (χ0n) is 17.5. The first-order valence-corrected chi connectivity index (χ1v) is 11.3. The van der Waals surface area contributed by atoms with Gasteiger partial charge in [-0.05, 0) is 51.0 Å². The Labute approximate surface area is 184 Å². The minimum atomic E-state index is 0.0132. The lowest BCUT2D eigenvalue weighted by molar-refractivity contribution is 0.0621. The van der Waals surface area contributed by atoms with E-state index in [0.717, 1.165) is 29.1 Å². The van der Waals surface area contributed by atoms with Crippen LogP contribution in [0.2, 0.25) is 0 Å². The summed E-state index contributed by atoms with van der Waals surface area (Å²) in [5.74, 6) is 0.0132. The minimum absolute atomic E-state index is 0.0132. The van der Waals surface area contributed by atoms with Crippen LogP contribution in [0.1, 0.15) is 35.7 Å². The van der Waals surface area contributed by atoms with Crippen LogP contribution >= 0.6 is 11.3 Å². The molecule has 2 aromatic carbocycles. The van der Waals surface area contributed by atoms with Crippen molar-refractivity contribution in [2.45, 2.75) is 38.8 Å². The van der Waals surface area contributed by atoms with Crippen LogP contribution in [-0.2, 0) is 0 Å². The second-order valence-electron chi connectivity index (χ2n) is 8.05. The topological polar surface area (TPSA) is 75.9 Å². The summed E-state index contributed by atoms with van der Waals surface area (Å²) in [4.78, 5) is 21.8. The van der Waals surface area contributed by atoms with E-state index >= 15 is 0 Å². The summed E-state index contributed by atoms with van der Waals surface area (Å²) < 4.78 is 1.17. The number of fused-ring (bicyclic) bond motifs is 1. The molecule has 2 aromatic heterocycles. The summed E-state index contributed by atoms with van der Waals surface area (Å²) in [6, 6.07) is 14.3. The Morgan fingerprint density at radius 2 is 1.94 bits per heavy atom. The molecular formula is C23H24N6OS. The van der Waals surface area contributed by atoms with Gasteiger partial charge in [0.1, 0.15) is 0 Å². The highest BCUT2D eigenvalue weighted by Crippen LogP contribution is 2.29. The van der Waals surface area contributed by atoms with E-state index in [9.17, 15) is 4.79 Å². The van der Waals surface area contributed by atoms with E-state index in [1.807, 2.05) is 48.2 Å². The van der Waals surface area contributed by atoms with Gasteiger partial charge in [-0.2, -0.15) is 15.0 Å². The third kappa shape index (κ3) is 3.90. The van der Waals surface area contributed by atoms with Crippen LogP contribution in [0.5, 0.6) is 0 Å². The smallest absolute Gasteiger partial charge is 0.256 e. The fourth-order valence-corrected chi connectivity index (χ4v) is 5.05. The average molecular weight is 433 g/mol. The highest BCUT2D eigenvalue weighted by molar-refractivity contribution is 7.22. The van der Waals surface area contributed by atoms with Crippen LogP contribution in [-0.4, -0.2) is 49.4 Å². The predicted octanol–water partition coefficient (Wildman–Crippen LogP) is 4.29. The quantitative estimate of drug-likeness (QED) is 0.521. The normalized spacial score (nSPS) is 19.0. The van der Waals surface area contributed by atoms with Crippen molar-refractivity contribution in [3.8, 4) is 5.69 Å². The molecule has 1 aliphatic rings. The van der Waals surface area contributed by atoms with Crippen LogP contribution in [0, 0.1) is 6.92 Å². The summed E-state index contributed by atoms with van der Waals surface area (Å²) in [6.07, 6.45) is 5.18. The Hall–Kier alpha value is -3.26. The largest absolute Gasteiger partial charge is 0.357 e. The van der Waals surface area contributed by atoms with Gasteiger partial charge in [-0.1, -0.05) is 35.1 Å². The van der Waals surface area contributed by atoms with Crippen LogP contribution in [0.25, 0.3) is 15.9 Å². The van der Waals surface area contributed by atoms with Crippen molar-refractivity contribution in [1.29, 1.82) is 0 Å². The molecule has 1 amide bonds. The summed E-state index contributed by atoms with van der Waals surface area (Å²) >= 11 is 1.65. The maximum absolute atomic E-state index is 13.6. The average Bonchev–Trinajstić information content (AvgIpc) is 3.44. The molecule has 2 atom stereocenters. The fraction of sp³-hybridized carbons (Fsp3) is 0.304. The van der Waals surface area contributed by atoms with Crippen molar-refractivity contribution >= 4 is 32.6 Å². The van der Waals surface area contributed by atoms with Gasteiger partial charge < -0.3 is 10.2 Å². The van der Waals surface area contributed by atoms with Gasteiger partial charge in [0.05, 0.1) is 33.9 Å². The zero-order valence-corrected chi connectivity index (χ0v) is 18.3. The van der Waals surface area contributed by atoms with E-state index in [2.05, 4.69) is 28.5 Å². The maximum Gasteiger partial charge on any atom is 0.256 e. The Morgan fingerprint density at radius 1 is 1.13 bits per heavy atom. The first kappa shape index (κ1) is 19.7. The van der Waals surface area contributed by atoms with Gasteiger partial charge in [0.2, 0.25) is 0 Å². The van der Waals surface area contributed by atoms with Crippen LogP contribution < -0.4 is 5.32 Å². The zero-order chi connectivity index (χ0) is 21.4. The van der Waals surface area contributed by atoms with Crippen molar-refractivity contribution in [2.24, 2.45) is 0 Å². The number of benzene rings is 2. The number of hydrogen-bond donors (Lipinski definition) is 1. The summed E-state index contributed by atoms with van der Waals surface area (Å²) in [5, 5.41) is 12.9. The maximum atomic E-state index is 13.6. The highest BCUT2D eigenvalue weighted by atomic mass is 32.1. The van der Waals surface area contributed by atoms with Gasteiger partial charge in [-0.3, -0.25) is 4.79 Å². The number of nitrogens with one attached hydrogen (secondary N) is 1. The molecule has 0 aliphatic carbocycles. The number of carbonyl (C=O) groups is 1. The number of carbonyl (C=O) groups excluding carboxylic acids is 1. The molecule has 0 spiro atoms. The summed E-state index contributed by atoms with van der Waals surface area (Å²) in [7, 11) is 0. The SMILES string of the molecule is Cc1ccc(-n2nccn2)c(C(=O)N2CC(Nc3nc4ccccc4s3)CCC2C)c1. The Balaban J connectivity index is 1.39. The van der Waals surface area contributed by atoms with Crippen molar-refractivity contribution in [3.63, 3.8) is 0 Å². The lowest BCUT2D eigenvalue weighted by atomic mass is 9.97. The standard InChI is InChI=1S/C23H24N6OS/c1-15-7-10-20(29-24-11-12-25-29)18(13-15)22(30)28-14-17(9-8-16(28)2)26-23-27-19-5-3-4-6-21(19)31-23/h3-7,10-13,16-17H,8-9,14H2,1-2H3,(H,26,27). The van der Waals surface area contributed by atoms with Crippen molar-refractivity contribution in [2.75, 3.05) is 11.9 Å². The molecule has 0 radical (unpaired) electrons. The first-order chi connectivity index (χ1) is 15.1. The molecule has 5 rings (SSSR count).